The Hall–Kier alpha value is -1.62. The number of carbonyl (C=O) groups excluding carboxylic acids is 2. The SMILES string of the molecule is NCCCCCC1CCN(C(=O)C(=O)c2ccc[nH]2)C1. The van der Waals surface area contributed by atoms with Gasteiger partial charge < -0.3 is 15.6 Å². The molecule has 1 aliphatic rings. The molecule has 0 radical (unpaired) electrons. The van der Waals surface area contributed by atoms with Crippen LogP contribution in [0.3, 0.4) is 0 Å². The van der Waals surface area contributed by atoms with Crippen molar-refractivity contribution in [2.75, 3.05) is 19.6 Å². The van der Waals surface area contributed by atoms with E-state index in [1.54, 1.807) is 23.2 Å². The van der Waals surface area contributed by atoms with Gasteiger partial charge in [0.05, 0.1) is 5.69 Å². The lowest BCUT2D eigenvalue weighted by atomic mass is 10.0. The van der Waals surface area contributed by atoms with Gasteiger partial charge in [0.15, 0.2) is 0 Å². The lowest BCUT2D eigenvalue weighted by Crippen LogP contribution is -2.35. The zero-order chi connectivity index (χ0) is 14.4. The topological polar surface area (TPSA) is 79.2 Å². The maximum Gasteiger partial charge on any atom is 0.296 e. The zero-order valence-corrected chi connectivity index (χ0v) is 11.8. The summed E-state index contributed by atoms with van der Waals surface area (Å²) in [6, 6.07) is 3.37. The third-order valence-electron chi connectivity index (χ3n) is 3.93. The van der Waals surface area contributed by atoms with E-state index in [9.17, 15) is 9.59 Å². The summed E-state index contributed by atoms with van der Waals surface area (Å²) in [5, 5.41) is 0. The molecule has 1 fully saturated rings. The minimum atomic E-state index is -0.432. The average Bonchev–Trinajstić information content (AvgIpc) is 3.13. The molecule has 1 saturated heterocycles. The number of aromatic amines is 1. The number of likely N-dealkylation sites (tertiary alicyclic amines) is 1. The molecule has 1 aromatic heterocycles. The molecule has 1 atom stereocenters. The first-order chi connectivity index (χ1) is 9.72. The average molecular weight is 277 g/mol. The van der Waals surface area contributed by atoms with Gasteiger partial charge in [-0.25, -0.2) is 0 Å². The van der Waals surface area contributed by atoms with E-state index in [-0.39, 0.29) is 5.91 Å². The highest BCUT2D eigenvalue weighted by Gasteiger charge is 2.30. The number of Topliss-reactive ketones (excluding diaryl/α,β-unsaturated/α-hetero) is 1. The summed E-state index contributed by atoms with van der Waals surface area (Å²) in [5.41, 5.74) is 5.85. The van der Waals surface area contributed by atoms with Gasteiger partial charge in [0.1, 0.15) is 0 Å². The first-order valence-electron chi connectivity index (χ1n) is 7.39. The van der Waals surface area contributed by atoms with Gasteiger partial charge in [-0.1, -0.05) is 12.8 Å². The van der Waals surface area contributed by atoms with E-state index in [1.165, 1.54) is 0 Å². The van der Waals surface area contributed by atoms with Crippen molar-refractivity contribution in [1.82, 2.24) is 9.88 Å². The molecule has 3 N–H and O–H groups in total. The molecule has 1 aromatic rings. The molecular weight excluding hydrogens is 254 g/mol. The molecule has 1 amide bonds. The number of nitrogens with two attached hydrogens (primary N) is 1. The molecule has 1 unspecified atom stereocenters. The predicted octanol–water partition coefficient (Wildman–Crippen LogP) is 1.56. The van der Waals surface area contributed by atoms with Gasteiger partial charge in [-0.3, -0.25) is 9.59 Å². The van der Waals surface area contributed by atoms with Gasteiger partial charge >= 0.3 is 0 Å². The van der Waals surface area contributed by atoms with Crippen molar-refractivity contribution >= 4 is 11.7 Å². The smallest absolute Gasteiger partial charge is 0.296 e. The molecule has 110 valence electrons. The van der Waals surface area contributed by atoms with E-state index in [4.69, 9.17) is 5.73 Å². The van der Waals surface area contributed by atoms with Crippen LogP contribution in [0.4, 0.5) is 0 Å². The van der Waals surface area contributed by atoms with Crippen LogP contribution in [0.5, 0.6) is 0 Å². The summed E-state index contributed by atoms with van der Waals surface area (Å²) in [5.74, 6) is -0.274. The minimum Gasteiger partial charge on any atom is -0.358 e. The lowest BCUT2D eigenvalue weighted by molar-refractivity contribution is -0.125. The fourth-order valence-electron chi connectivity index (χ4n) is 2.74. The van der Waals surface area contributed by atoms with Crippen molar-refractivity contribution in [2.24, 2.45) is 11.7 Å². The maximum atomic E-state index is 12.1. The van der Waals surface area contributed by atoms with Crippen molar-refractivity contribution in [1.29, 1.82) is 0 Å². The van der Waals surface area contributed by atoms with Crippen LogP contribution in [0.25, 0.3) is 0 Å². The summed E-state index contributed by atoms with van der Waals surface area (Å²) in [6.45, 7) is 2.17. The Balaban J connectivity index is 1.77. The van der Waals surface area contributed by atoms with Crippen LogP contribution < -0.4 is 5.73 Å². The number of unbranched alkanes of at least 4 members (excludes halogenated alkanes) is 2. The molecule has 1 aliphatic heterocycles. The molecule has 0 aromatic carbocycles. The number of H-pyrrole nitrogens is 1. The molecule has 5 nitrogen and oxygen atoms in total. The van der Waals surface area contributed by atoms with E-state index in [2.05, 4.69) is 4.98 Å². The Bertz CT molecular complexity index is 442. The summed E-state index contributed by atoms with van der Waals surface area (Å²) in [4.78, 5) is 28.6. The molecule has 0 saturated carbocycles. The van der Waals surface area contributed by atoms with Crippen molar-refractivity contribution in [3.63, 3.8) is 0 Å². The minimum absolute atomic E-state index is 0.376. The van der Waals surface area contributed by atoms with Gasteiger partial charge in [-0.15, -0.1) is 0 Å². The Morgan fingerprint density at radius 3 is 2.90 bits per heavy atom. The van der Waals surface area contributed by atoms with E-state index in [0.717, 1.165) is 38.6 Å². The highest BCUT2D eigenvalue weighted by molar-refractivity contribution is 6.42. The summed E-state index contributed by atoms with van der Waals surface area (Å²) >= 11 is 0. The Morgan fingerprint density at radius 1 is 1.35 bits per heavy atom. The van der Waals surface area contributed by atoms with E-state index < -0.39 is 5.78 Å². The second-order valence-electron chi connectivity index (χ2n) is 5.46. The van der Waals surface area contributed by atoms with E-state index in [1.807, 2.05) is 0 Å². The summed E-state index contributed by atoms with van der Waals surface area (Å²) in [6.07, 6.45) is 7.18. The number of amides is 1. The summed E-state index contributed by atoms with van der Waals surface area (Å²) < 4.78 is 0. The fourth-order valence-corrected chi connectivity index (χ4v) is 2.74. The number of rotatable bonds is 7. The highest BCUT2D eigenvalue weighted by atomic mass is 16.2. The third kappa shape index (κ3) is 3.70. The van der Waals surface area contributed by atoms with Crippen molar-refractivity contribution in [3.8, 4) is 0 Å². The molecule has 5 heteroatoms. The van der Waals surface area contributed by atoms with Crippen LogP contribution in [-0.2, 0) is 4.79 Å². The number of carbonyl (C=O) groups is 2. The number of ketones is 1. The zero-order valence-electron chi connectivity index (χ0n) is 11.8. The maximum absolute atomic E-state index is 12.1. The standard InChI is InChI=1S/C15H23N3O2/c16-8-3-1-2-5-12-7-10-18(11-12)15(20)14(19)13-6-4-9-17-13/h4,6,9,12,17H,1-3,5,7-8,10-11,16H2. The molecular formula is C15H23N3O2. The normalized spacial score (nSPS) is 18.4. The highest BCUT2D eigenvalue weighted by Crippen LogP contribution is 2.22. The van der Waals surface area contributed by atoms with Crippen LogP contribution in [0.15, 0.2) is 18.3 Å². The second kappa shape index (κ2) is 7.24. The van der Waals surface area contributed by atoms with Gasteiger partial charge in [-0.05, 0) is 43.9 Å². The van der Waals surface area contributed by atoms with Crippen LogP contribution in [0.2, 0.25) is 0 Å². The number of nitrogens with zero attached hydrogens (tertiary/aromatic N) is 1. The van der Waals surface area contributed by atoms with Gasteiger partial charge in [-0.2, -0.15) is 0 Å². The third-order valence-corrected chi connectivity index (χ3v) is 3.93. The van der Waals surface area contributed by atoms with Crippen LogP contribution >= 0.6 is 0 Å². The second-order valence-corrected chi connectivity index (χ2v) is 5.46. The van der Waals surface area contributed by atoms with Crippen molar-refractivity contribution < 1.29 is 9.59 Å². The quantitative estimate of drug-likeness (QED) is 0.451. The molecule has 0 aliphatic carbocycles. The van der Waals surface area contributed by atoms with Crippen LogP contribution in [0, 0.1) is 5.92 Å². The number of nitrogens with one attached hydrogen (secondary N) is 1. The predicted molar refractivity (Wildman–Crippen MR) is 77.3 cm³/mol. The molecule has 2 heterocycles. The Kier molecular flexibility index (Phi) is 5.35. The van der Waals surface area contributed by atoms with Crippen LogP contribution in [-0.4, -0.2) is 41.2 Å². The van der Waals surface area contributed by atoms with Gasteiger partial charge in [0.2, 0.25) is 0 Å². The molecule has 2 rings (SSSR count). The first-order valence-corrected chi connectivity index (χ1v) is 7.39. The van der Waals surface area contributed by atoms with Gasteiger partial charge in [0.25, 0.3) is 11.7 Å². The number of hydrogen-bond donors (Lipinski definition) is 2. The van der Waals surface area contributed by atoms with E-state index in [0.29, 0.717) is 24.7 Å². The fraction of sp³-hybridized carbons (Fsp3) is 0.600. The number of aromatic nitrogens is 1. The number of hydrogen-bond acceptors (Lipinski definition) is 3. The Morgan fingerprint density at radius 2 is 2.20 bits per heavy atom. The van der Waals surface area contributed by atoms with Gasteiger partial charge in [0, 0.05) is 19.3 Å². The monoisotopic (exact) mass is 277 g/mol. The molecule has 0 bridgehead atoms. The Labute approximate surface area is 119 Å². The van der Waals surface area contributed by atoms with E-state index >= 15 is 0 Å². The summed E-state index contributed by atoms with van der Waals surface area (Å²) in [7, 11) is 0. The largest absolute Gasteiger partial charge is 0.358 e. The first kappa shape index (κ1) is 14.8. The lowest BCUT2D eigenvalue weighted by Gasteiger charge is -2.15. The van der Waals surface area contributed by atoms with Crippen molar-refractivity contribution in [3.05, 3.63) is 24.0 Å². The van der Waals surface area contributed by atoms with Crippen LogP contribution in [0.1, 0.15) is 42.6 Å². The van der Waals surface area contributed by atoms with Crippen molar-refractivity contribution in [2.45, 2.75) is 32.1 Å². The molecule has 20 heavy (non-hydrogen) atoms. The molecule has 0 spiro atoms.